The molecule has 0 saturated carbocycles. The first-order valence-corrected chi connectivity index (χ1v) is 8.05. The van der Waals surface area contributed by atoms with Crippen molar-refractivity contribution in [3.63, 3.8) is 0 Å². The van der Waals surface area contributed by atoms with E-state index in [0.29, 0.717) is 24.4 Å². The Bertz CT molecular complexity index is 666. The van der Waals surface area contributed by atoms with Crippen molar-refractivity contribution in [2.45, 2.75) is 12.6 Å². The van der Waals surface area contributed by atoms with Gasteiger partial charge in [-0.2, -0.15) is 0 Å². The maximum atomic E-state index is 12.3. The second-order valence-electron chi connectivity index (χ2n) is 5.40. The summed E-state index contributed by atoms with van der Waals surface area (Å²) in [5, 5.41) is 21.8. The number of ether oxygens (including phenoxy) is 1. The number of likely N-dealkylation sites (N-methyl/N-ethyl adjacent to an activating group) is 1. The van der Waals surface area contributed by atoms with Gasteiger partial charge in [0.05, 0.1) is 0 Å². The van der Waals surface area contributed by atoms with Crippen molar-refractivity contribution in [2.24, 2.45) is 0 Å². The lowest BCUT2D eigenvalue weighted by Gasteiger charge is -2.19. The average Bonchev–Trinajstić information content (AvgIpc) is 2.66. The molecule has 0 bridgehead atoms. The molecule has 1 atom stereocenters. The summed E-state index contributed by atoms with van der Waals surface area (Å²) in [5.41, 5.74) is 1.07. The van der Waals surface area contributed by atoms with E-state index in [4.69, 9.17) is 9.84 Å². The zero-order valence-corrected chi connectivity index (χ0v) is 14.1. The molecule has 0 aliphatic carbocycles. The molecule has 1 heterocycles. The van der Waals surface area contributed by atoms with Gasteiger partial charge >= 0.3 is 0 Å². The molecule has 7 nitrogen and oxygen atoms in total. The number of pyridine rings is 1. The fourth-order valence-corrected chi connectivity index (χ4v) is 2.18. The molecule has 2 aromatic rings. The van der Waals surface area contributed by atoms with Gasteiger partial charge in [-0.1, -0.05) is 18.2 Å². The normalized spacial score (nSPS) is 11.8. The standard InChI is InChI=1S/C18H23N3O4/c1-21(14-7-3-2-4-8-14)16(23)13-25-15-9-5-10-19-17(15)18(24)20-11-6-12-22/h2-5,7-10,18,20,22,24H,6,11-13H2,1H3/t18-/m0/s1. The molecule has 25 heavy (non-hydrogen) atoms. The van der Waals surface area contributed by atoms with Gasteiger partial charge in [-0.05, 0) is 30.7 Å². The number of nitrogens with zero attached hydrogens (tertiary/aromatic N) is 2. The Morgan fingerprint density at radius 1 is 1.28 bits per heavy atom. The van der Waals surface area contributed by atoms with Crippen molar-refractivity contribution in [1.29, 1.82) is 0 Å². The predicted molar refractivity (Wildman–Crippen MR) is 94.2 cm³/mol. The van der Waals surface area contributed by atoms with Crippen LogP contribution < -0.4 is 15.0 Å². The number of para-hydroxylation sites is 1. The predicted octanol–water partition coefficient (Wildman–Crippen LogP) is 1.09. The van der Waals surface area contributed by atoms with Crippen LogP contribution in [0.5, 0.6) is 5.75 Å². The van der Waals surface area contributed by atoms with E-state index in [1.54, 1.807) is 19.2 Å². The first kappa shape index (κ1) is 18.9. The monoisotopic (exact) mass is 345 g/mol. The molecule has 134 valence electrons. The summed E-state index contributed by atoms with van der Waals surface area (Å²) in [6.07, 6.45) is 1.02. The van der Waals surface area contributed by atoms with Crippen molar-refractivity contribution in [3.8, 4) is 5.75 Å². The maximum absolute atomic E-state index is 12.3. The van der Waals surface area contributed by atoms with E-state index in [-0.39, 0.29) is 19.1 Å². The number of carbonyl (C=O) groups excluding carboxylic acids is 1. The average molecular weight is 345 g/mol. The summed E-state index contributed by atoms with van der Waals surface area (Å²) in [6.45, 7) is 0.294. The van der Waals surface area contributed by atoms with Crippen molar-refractivity contribution in [3.05, 3.63) is 54.4 Å². The quantitative estimate of drug-likeness (QED) is 0.465. The molecule has 0 spiro atoms. The van der Waals surface area contributed by atoms with Crippen molar-refractivity contribution < 1.29 is 19.7 Å². The number of nitrogens with one attached hydrogen (secondary N) is 1. The smallest absolute Gasteiger partial charge is 0.264 e. The molecular weight excluding hydrogens is 322 g/mol. The minimum atomic E-state index is -1.04. The number of aliphatic hydroxyl groups is 2. The Kier molecular flexibility index (Phi) is 7.34. The lowest BCUT2D eigenvalue weighted by molar-refractivity contribution is -0.120. The summed E-state index contributed by atoms with van der Waals surface area (Å²) in [4.78, 5) is 17.9. The van der Waals surface area contributed by atoms with E-state index < -0.39 is 6.23 Å². The Morgan fingerprint density at radius 2 is 2.04 bits per heavy atom. The molecular formula is C18H23N3O4. The fourth-order valence-electron chi connectivity index (χ4n) is 2.18. The molecule has 0 unspecified atom stereocenters. The first-order chi connectivity index (χ1) is 12.1. The molecule has 0 aliphatic rings. The third-order valence-corrected chi connectivity index (χ3v) is 3.60. The van der Waals surface area contributed by atoms with Crippen LogP contribution in [0.1, 0.15) is 18.3 Å². The molecule has 1 amide bonds. The highest BCUT2D eigenvalue weighted by Gasteiger charge is 2.17. The Labute approximate surface area is 146 Å². The van der Waals surface area contributed by atoms with Crippen molar-refractivity contribution >= 4 is 11.6 Å². The fraction of sp³-hybridized carbons (Fsp3) is 0.333. The van der Waals surface area contributed by atoms with Crippen LogP contribution in [0.25, 0.3) is 0 Å². The largest absolute Gasteiger partial charge is 0.482 e. The topological polar surface area (TPSA) is 94.9 Å². The number of rotatable bonds is 9. The molecule has 3 N–H and O–H groups in total. The van der Waals surface area contributed by atoms with E-state index >= 15 is 0 Å². The molecule has 0 saturated heterocycles. The number of hydrogen-bond acceptors (Lipinski definition) is 6. The zero-order chi connectivity index (χ0) is 18.1. The number of anilines is 1. The summed E-state index contributed by atoms with van der Waals surface area (Å²) >= 11 is 0. The lowest BCUT2D eigenvalue weighted by atomic mass is 10.3. The number of hydrogen-bond donors (Lipinski definition) is 3. The third kappa shape index (κ3) is 5.53. The van der Waals surface area contributed by atoms with Gasteiger partial charge in [0.2, 0.25) is 0 Å². The maximum Gasteiger partial charge on any atom is 0.264 e. The number of benzene rings is 1. The minimum Gasteiger partial charge on any atom is -0.482 e. The van der Waals surface area contributed by atoms with Crippen molar-refractivity contribution in [1.82, 2.24) is 10.3 Å². The molecule has 1 aromatic heterocycles. The Hall–Kier alpha value is -2.48. The second-order valence-corrected chi connectivity index (χ2v) is 5.40. The third-order valence-electron chi connectivity index (χ3n) is 3.60. The van der Waals surface area contributed by atoms with E-state index in [1.807, 2.05) is 30.3 Å². The zero-order valence-electron chi connectivity index (χ0n) is 14.1. The van der Waals surface area contributed by atoms with E-state index in [1.165, 1.54) is 11.1 Å². The number of carbonyl (C=O) groups is 1. The van der Waals surface area contributed by atoms with Crippen molar-refractivity contribution in [2.75, 3.05) is 31.7 Å². The van der Waals surface area contributed by atoms with E-state index in [0.717, 1.165) is 5.69 Å². The molecule has 2 rings (SSSR count). The van der Waals surface area contributed by atoms with Gasteiger partial charge in [0.1, 0.15) is 11.4 Å². The van der Waals surface area contributed by atoms with Crippen LogP contribution >= 0.6 is 0 Å². The number of aromatic nitrogens is 1. The van der Waals surface area contributed by atoms with Crippen LogP contribution in [0.3, 0.4) is 0 Å². The van der Waals surface area contributed by atoms with E-state index in [9.17, 15) is 9.90 Å². The van der Waals surface area contributed by atoms with Crippen LogP contribution in [0, 0.1) is 0 Å². The van der Waals surface area contributed by atoms with Gasteiger partial charge in [-0.25, -0.2) is 0 Å². The van der Waals surface area contributed by atoms with E-state index in [2.05, 4.69) is 10.3 Å². The van der Waals surface area contributed by atoms with Crippen LogP contribution in [0.15, 0.2) is 48.7 Å². The van der Waals surface area contributed by atoms with Gasteiger partial charge in [0, 0.05) is 32.1 Å². The summed E-state index contributed by atoms with van der Waals surface area (Å²) < 4.78 is 5.57. The van der Waals surface area contributed by atoms with Crippen LogP contribution in [-0.2, 0) is 4.79 Å². The Morgan fingerprint density at radius 3 is 2.76 bits per heavy atom. The Balaban J connectivity index is 1.97. The molecule has 7 heteroatoms. The highest BCUT2D eigenvalue weighted by atomic mass is 16.5. The highest BCUT2D eigenvalue weighted by Crippen LogP contribution is 2.21. The number of aliphatic hydroxyl groups excluding tert-OH is 2. The van der Waals surface area contributed by atoms with Crippen LogP contribution in [0.4, 0.5) is 5.69 Å². The SMILES string of the molecule is CN(C(=O)COc1cccnc1[C@H](O)NCCCO)c1ccccc1. The number of amides is 1. The molecule has 0 radical (unpaired) electrons. The van der Waals surface area contributed by atoms with Gasteiger partial charge < -0.3 is 19.8 Å². The summed E-state index contributed by atoms with van der Waals surface area (Å²) in [7, 11) is 1.68. The molecule has 0 fully saturated rings. The van der Waals surface area contributed by atoms with Crippen LogP contribution in [0.2, 0.25) is 0 Å². The second kappa shape index (κ2) is 9.73. The van der Waals surface area contributed by atoms with Gasteiger partial charge in [0.15, 0.2) is 12.8 Å². The highest BCUT2D eigenvalue weighted by molar-refractivity contribution is 5.93. The lowest BCUT2D eigenvalue weighted by Crippen LogP contribution is -2.31. The molecule has 1 aromatic carbocycles. The molecule has 0 aliphatic heterocycles. The van der Waals surface area contributed by atoms with Gasteiger partial charge in [0.25, 0.3) is 5.91 Å². The first-order valence-electron chi connectivity index (χ1n) is 8.05. The van der Waals surface area contributed by atoms with Gasteiger partial charge in [-0.15, -0.1) is 0 Å². The summed E-state index contributed by atoms with van der Waals surface area (Å²) in [6, 6.07) is 12.6. The minimum absolute atomic E-state index is 0.0334. The summed E-state index contributed by atoms with van der Waals surface area (Å²) in [5.74, 6) is 0.116. The van der Waals surface area contributed by atoms with Crippen LogP contribution in [-0.4, -0.2) is 47.9 Å². The van der Waals surface area contributed by atoms with Gasteiger partial charge in [-0.3, -0.25) is 15.1 Å².